The summed E-state index contributed by atoms with van der Waals surface area (Å²) < 4.78 is 5.71. The minimum absolute atomic E-state index is 0.220. The number of halogens is 1. The van der Waals surface area contributed by atoms with Gasteiger partial charge in [0, 0.05) is 17.8 Å². The van der Waals surface area contributed by atoms with Crippen molar-refractivity contribution in [1.82, 2.24) is 14.9 Å². The summed E-state index contributed by atoms with van der Waals surface area (Å²) in [5, 5.41) is 4.23. The molecule has 2 heterocycles. The van der Waals surface area contributed by atoms with Gasteiger partial charge in [-0.1, -0.05) is 11.6 Å². The predicted molar refractivity (Wildman–Crippen MR) is 112 cm³/mol. The van der Waals surface area contributed by atoms with Crippen molar-refractivity contribution in [1.29, 1.82) is 0 Å². The molecule has 0 saturated heterocycles. The van der Waals surface area contributed by atoms with E-state index in [1.807, 2.05) is 33.2 Å². The van der Waals surface area contributed by atoms with Gasteiger partial charge in [-0.15, -0.1) is 11.3 Å². The van der Waals surface area contributed by atoms with E-state index in [1.54, 1.807) is 30.5 Å². The van der Waals surface area contributed by atoms with Crippen molar-refractivity contribution in [2.75, 3.05) is 19.4 Å². The van der Waals surface area contributed by atoms with Crippen molar-refractivity contribution in [3.63, 3.8) is 0 Å². The molecule has 0 atom stereocenters. The van der Waals surface area contributed by atoms with Gasteiger partial charge in [-0.05, 0) is 63.0 Å². The second kappa shape index (κ2) is 9.14. The second-order valence-corrected chi connectivity index (χ2v) is 8.03. The van der Waals surface area contributed by atoms with Crippen LogP contribution in [0.4, 0.5) is 5.82 Å². The number of aryl methyl sites for hydroxylation is 1. The van der Waals surface area contributed by atoms with E-state index in [0.717, 1.165) is 17.1 Å². The van der Waals surface area contributed by atoms with Crippen molar-refractivity contribution in [2.24, 2.45) is 0 Å². The van der Waals surface area contributed by atoms with Gasteiger partial charge in [-0.3, -0.25) is 4.79 Å². The Morgan fingerprint density at radius 1 is 1.25 bits per heavy atom. The summed E-state index contributed by atoms with van der Waals surface area (Å²) >= 11 is 7.18. The van der Waals surface area contributed by atoms with Crippen LogP contribution in [0, 0.1) is 6.92 Å². The molecule has 0 spiro atoms. The fourth-order valence-corrected chi connectivity index (χ4v) is 3.58. The fraction of sp³-hybridized carbons (Fsp3) is 0.250. The minimum atomic E-state index is -0.220. The molecule has 0 aliphatic rings. The maximum Gasteiger partial charge on any atom is 0.268 e. The van der Waals surface area contributed by atoms with E-state index in [9.17, 15) is 4.79 Å². The Labute approximate surface area is 173 Å². The van der Waals surface area contributed by atoms with Gasteiger partial charge in [0.1, 0.15) is 28.1 Å². The molecule has 0 aliphatic heterocycles. The predicted octanol–water partition coefficient (Wildman–Crippen LogP) is 4.39. The molecule has 3 aromatic rings. The molecule has 0 radical (unpaired) electrons. The van der Waals surface area contributed by atoms with Gasteiger partial charge in [0.2, 0.25) is 0 Å². The van der Waals surface area contributed by atoms with Crippen LogP contribution in [0.25, 0.3) is 0 Å². The molecule has 8 heteroatoms. The fourth-order valence-electron chi connectivity index (χ4n) is 2.58. The van der Waals surface area contributed by atoms with E-state index >= 15 is 0 Å². The SMILES string of the molecule is Cc1nc(COc2ccc(Cl)cc2)sc1C(=O)Nc1cc(CN(C)C)ccn1. The quantitative estimate of drug-likeness (QED) is 0.618. The van der Waals surface area contributed by atoms with Gasteiger partial charge in [0.15, 0.2) is 0 Å². The lowest BCUT2D eigenvalue weighted by Crippen LogP contribution is -2.14. The van der Waals surface area contributed by atoms with Crippen LogP contribution in [-0.2, 0) is 13.2 Å². The molecule has 1 aromatic carbocycles. The molecule has 0 bridgehead atoms. The molecule has 0 unspecified atom stereocenters. The average molecular weight is 417 g/mol. The third-order valence-electron chi connectivity index (χ3n) is 3.79. The molecule has 0 aliphatic carbocycles. The third-order valence-corrected chi connectivity index (χ3v) is 5.17. The first kappa shape index (κ1) is 20.3. The summed E-state index contributed by atoms with van der Waals surface area (Å²) in [7, 11) is 3.99. The van der Waals surface area contributed by atoms with Gasteiger partial charge in [-0.25, -0.2) is 9.97 Å². The van der Waals surface area contributed by atoms with E-state index in [0.29, 0.717) is 27.2 Å². The van der Waals surface area contributed by atoms with Crippen molar-refractivity contribution in [3.05, 3.63) is 68.8 Å². The normalized spacial score (nSPS) is 10.9. The number of benzene rings is 1. The van der Waals surface area contributed by atoms with Crippen molar-refractivity contribution in [2.45, 2.75) is 20.1 Å². The van der Waals surface area contributed by atoms with Gasteiger partial charge in [0.05, 0.1) is 5.69 Å². The van der Waals surface area contributed by atoms with Gasteiger partial charge >= 0.3 is 0 Å². The van der Waals surface area contributed by atoms with E-state index in [4.69, 9.17) is 16.3 Å². The Hall–Kier alpha value is -2.48. The van der Waals surface area contributed by atoms with Crippen molar-refractivity contribution < 1.29 is 9.53 Å². The number of pyridine rings is 1. The molecule has 1 N–H and O–H groups in total. The highest BCUT2D eigenvalue weighted by Crippen LogP contribution is 2.22. The highest BCUT2D eigenvalue weighted by Gasteiger charge is 2.16. The summed E-state index contributed by atoms with van der Waals surface area (Å²) in [5.41, 5.74) is 1.75. The topological polar surface area (TPSA) is 67.3 Å². The Morgan fingerprint density at radius 2 is 2.00 bits per heavy atom. The standard InChI is InChI=1S/C20H21ClN4O2S/c1-13-19(20(26)24-17-10-14(8-9-22-17)11-25(2)3)28-18(23-13)12-27-16-6-4-15(21)5-7-16/h4-10H,11-12H2,1-3H3,(H,22,24,26). The Morgan fingerprint density at radius 3 is 2.71 bits per heavy atom. The van der Waals surface area contributed by atoms with Crippen LogP contribution in [0.5, 0.6) is 5.75 Å². The van der Waals surface area contributed by atoms with E-state index < -0.39 is 0 Å². The average Bonchev–Trinajstić information content (AvgIpc) is 3.02. The lowest BCUT2D eigenvalue weighted by atomic mass is 10.2. The molecule has 146 valence electrons. The first-order chi connectivity index (χ1) is 13.4. The molecular weight excluding hydrogens is 396 g/mol. The Bertz CT molecular complexity index is 957. The number of ether oxygens (including phenoxy) is 1. The minimum Gasteiger partial charge on any atom is -0.486 e. The summed E-state index contributed by atoms with van der Waals surface area (Å²) in [6, 6.07) is 10.9. The van der Waals surface area contributed by atoms with E-state index in [1.165, 1.54) is 11.3 Å². The highest BCUT2D eigenvalue weighted by molar-refractivity contribution is 7.13. The monoisotopic (exact) mass is 416 g/mol. The number of carbonyl (C=O) groups excluding carboxylic acids is 1. The zero-order valence-corrected chi connectivity index (χ0v) is 17.5. The number of aromatic nitrogens is 2. The van der Waals surface area contributed by atoms with Crippen LogP contribution < -0.4 is 10.1 Å². The smallest absolute Gasteiger partial charge is 0.268 e. The number of amides is 1. The zero-order valence-electron chi connectivity index (χ0n) is 15.9. The summed E-state index contributed by atoms with van der Waals surface area (Å²) in [5.74, 6) is 1.00. The van der Waals surface area contributed by atoms with Crippen LogP contribution in [0.15, 0.2) is 42.6 Å². The molecule has 2 aromatic heterocycles. The number of carbonyl (C=O) groups is 1. The van der Waals surface area contributed by atoms with Crippen LogP contribution >= 0.6 is 22.9 Å². The number of thiazole rings is 1. The number of rotatable bonds is 7. The van der Waals surface area contributed by atoms with E-state index in [-0.39, 0.29) is 12.5 Å². The first-order valence-corrected chi connectivity index (χ1v) is 9.86. The molecule has 0 fully saturated rings. The van der Waals surface area contributed by atoms with Crippen LogP contribution in [0.3, 0.4) is 0 Å². The van der Waals surface area contributed by atoms with E-state index in [2.05, 4.69) is 20.2 Å². The third kappa shape index (κ3) is 5.51. The Kier molecular flexibility index (Phi) is 6.61. The number of nitrogens with zero attached hydrogens (tertiary/aromatic N) is 3. The first-order valence-electron chi connectivity index (χ1n) is 8.66. The highest BCUT2D eigenvalue weighted by atomic mass is 35.5. The molecule has 3 rings (SSSR count). The van der Waals surface area contributed by atoms with Crippen molar-refractivity contribution >= 4 is 34.7 Å². The maximum absolute atomic E-state index is 12.6. The summed E-state index contributed by atoms with van der Waals surface area (Å²) in [6.07, 6.45) is 1.69. The number of hydrogen-bond donors (Lipinski definition) is 1. The molecule has 0 saturated carbocycles. The number of hydrogen-bond acceptors (Lipinski definition) is 6. The molecule has 28 heavy (non-hydrogen) atoms. The zero-order chi connectivity index (χ0) is 20.1. The van der Waals surface area contributed by atoms with Gasteiger partial charge < -0.3 is 15.0 Å². The molecule has 6 nitrogen and oxygen atoms in total. The van der Waals surface area contributed by atoms with Gasteiger partial charge in [-0.2, -0.15) is 0 Å². The number of anilines is 1. The molecular formula is C20H21ClN4O2S. The lowest BCUT2D eigenvalue weighted by Gasteiger charge is -2.10. The van der Waals surface area contributed by atoms with Crippen LogP contribution in [-0.4, -0.2) is 34.9 Å². The van der Waals surface area contributed by atoms with Gasteiger partial charge in [0.25, 0.3) is 5.91 Å². The van der Waals surface area contributed by atoms with Crippen LogP contribution in [0.2, 0.25) is 5.02 Å². The Balaban J connectivity index is 1.65. The van der Waals surface area contributed by atoms with Crippen molar-refractivity contribution in [3.8, 4) is 5.75 Å². The second-order valence-electron chi connectivity index (χ2n) is 6.51. The lowest BCUT2D eigenvalue weighted by molar-refractivity contribution is 0.102. The maximum atomic E-state index is 12.6. The summed E-state index contributed by atoms with van der Waals surface area (Å²) in [6.45, 7) is 2.88. The van der Waals surface area contributed by atoms with Crippen LogP contribution in [0.1, 0.15) is 25.9 Å². The molecule has 1 amide bonds. The summed E-state index contributed by atoms with van der Waals surface area (Å²) in [4.78, 5) is 23.9. The number of nitrogens with one attached hydrogen (secondary N) is 1. The largest absolute Gasteiger partial charge is 0.486 e.